The number of phenols is 1. The molecule has 0 radical (unpaired) electrons. The zero-order valence-corrected chi connectivity index (χ0v) is 18.6. The van der Waals surface area contributed by atoms with E-state index in [0.717, 1.165) is 0 Å². The highest BCUT2D eigenvalue weighted by atomic mass is 35.6. The third kappa shape index (κ3) is 5.11. The number of esters is 1. The molecule has 1 aromatic heterocycles. The highest BCUT2D eigenvalue weighted by Crippen LogP contribution is 2.34. The number of aromatic hydroxyl groups is 1. The van der Waals surface area contributed by atoms with Crippen LogP contribution in [-0.2, 0) is 4.74 Å². The van der Waals surface area contributed by atoms with Gasteiger partial charge in [-0.1, -0.05) is 58.0 Å². The van der Waals surface area contributed by atoms with Gasteiger partial charge in [0, 0.05) is 16.3 Å². The minimum absolute atomic E-state index is 0.0355. The molecule has 0 aliphatic heterocycles. The van der Waals surface area contributed by atoms with Gasteiger partial charge in [-0.3, -0.25) is 4.57 Å². The minimum Gasteiger partial charge on any atom is -0.508 e. The van der Waals surface area contributed by atoms with Gasteiger partial charge < -0.3 is 9.84 Å². The number of alkyl halides is 3. The molecule has 0 aliphatic carbocycles. The number of imidazole rings is 1. The summed E-state index contributed by atoms with van der Waals surface area (Å²) in [6.45, 7) is 1.26. The van der Waals surface area contributed by atoms with Gasteiger partial charge in [-0.25, -0.2) is 9.78 Å². The standard InChI is InChI=1S/C19H13Cl5N2O3/c1-10-16(18(28)29-9-19(22,23)24)25-17(14-7-2-11(20)8-15(14)21)26(10)12-3-5-13(27)6-4-12/h2-8,27H,9H2,1H3. The first-order valence-corrected chi connectivity index (χ1v) is 10.0. The van der Waals surface area contributed by atoms with Crippen LogP contribution in [0.2, 0.25) is 10.0 Å². The molecule has 0 atom stereocenters. The van der Waals surface area contributed by atoms with Crippen LogP contribution in [0, 0.1) is 6.92 Å². The van der Waals surface area contributed by atoms with Crippen molar-refractivity contribution >= 4 is 64.0 Å². The Labute approximate surface area is 191 Å². The highest BCUT2D eigenvalue weighted by molar-refractivity contribution is 6.67. The fraction of sp³-hybridized carbons (Fsp3) is 0.158. The number of nitrogens with zero attached hydrogens (tertiary/aromatic N) is 2. The van der Waals surface area contributed by atoms with Crippen molar-refractivity contribution in [2.75, 3.05) is 6.61 Å². The maximum Gasteiger partial charge on any atom is 0.359 e. The molecule has 3 aromatic rings. The molecular weight excluding hydrogens is 481 g/mol. The molecule has 0 fully saturated rings. The van der Waals surface area contributed by atoms with Crippen LogP contribution >= 0.6 is 58.0 Å². The van der Waals surface area contributed by atoms with Gasteiger partial charge in [-0.15, -0.1) is 0 Å². The van der Waals surface area contributed by atoms with Crippen LogP contribution < -0.4 is 0 Å². The van der Waals surface area contributed by atoms with Gasteiger partial charge in [0.05, 0.1) is 10.7 Å². The summed E-state index contributed by atoms with van der Waals surface area (Å²) >= 11 is 29.3. The Hall–Kier alpha value is -1.63. The predicted octanol–water partition coefficient (Wildman–Crippen LogP) is 6.39. The molecule has 0 spiro atoms. The second kappa shape index (κ2) is 8.62. The largest absolute Gasteiger partial charge is 0.508 e. The van der Waals surface area contributed by atoms with Crippen molar-refractivity contribution < 1.29 is 14.6 Å². The lowest BCUT2D eigenvalue weighted by Crippen LogP contribution is -2.18. The average molecular weight is 495 g/mol. The van der Waals surface area contributed by atoms with Crippen molar-refractivity contribution in [3.05, 3.63) is 63.9 Å². The summed E-state index contributed by atoms with van der Waals surface area (Å²) in [6, 6.07) is 11.3. The van der Waals surface area contributed by atoms with E-state index in [4.69, 9.17) is 62.7 Å². The lowest BCUT2D eigenvalue weighted by molar-refractivity contribution is 0.0505. The molecule has 0 amide bonds. The molecule has 29 heavy (non-hydrogen) atoms. The molecule has 0 unspecified atom stereocenters. The van der Waals surface area contributed by atoms with E-state index >= 15 is 0 Å². The van der Waals surface area contributed by atoms with Gasteiger partial charge in [0.25, 0.3) is 0 Å². The van der Waals surface area contributed by atoms with E-state index in [0.29, 0.717) is 32.8 Å². The van der Waals surface area contributed by atoms with Crippen LogP contribution in [0.15, 0.2) is 42.5 Å². The minimum atomic E-state index is -1.74. The molecule has 1 heterocycles. The maximum absolute atomic E-state index is 12.6. The fourth-order valence-corrected chi connectivity index (χ4v) is 3.34. The predicted molar refractivity (Wildman–Crippen MR) is 116 cm³/mol. The molecule has 0 saturated carbocycles. The Morgan fingerprint density at radius 2 is 1.79 bits per heavy atom. The lowest BCUT2D eigenvalue weighted by Gasteiger charge is -2.12. The Morgan fingerprint density at radius 3 is 2.38 bits per heavy atom. The van der Waals surface area contributed by atoms with Gasteiger partial charge in [0.15, 0.2) is 5.69 Å². The number of carbonyl (C=O) groups excluding carboxylic acids is 1. The normalized spacial score (nSPS) is 11.5. The summed E-state index contributed by atoms with van der Waals surface area (Å²) in [5.41, 5.74) is 1.71. The van der Waals surface area contributed by atoms with Crippen molar-refractivity contribution in [2.45, 2.75) is 10.7 Å². The van der Waals surface area contributed by atoms with Gasteiger partial charge in [-0.2, -0.15) is 0 Å². The van der Waals surface area contributed by atoms with Crippen LogP contribution in [0.25, 0.3) is 17.1 Å². The average Bonchev–Trinajstić information content (AvgIpc) is 2.97. The van der Waals surface area contributed by atoms with E-state index in [1.165, 1.54) is 12.1 Å². The summed E-state index contributed by atoms with van der Waals surface area (Å²) < 4.78 is 5.04. The van der Waals surface area contributed by atoms with E-state index in [9.17, 15) is 9.90 Å². The lowest BCUT2D eigenvalue weighted by atomic mass is 10.2. The van der Waals surface area contributed by atoms with E-state index in [1.807, 2.05) is 0 Å². The fourth-order valence-electron chi connectivity index (χ4n) is 2.68. The van der Waals surface area contributed by atoms with Crippen LogP contribution in [-0.4, -0.2) is 31.0 Å². The number of rotatable bonds is 4. The van der Waals surface area contributed by atoms with E-state index in [-0.39, 0.29) is 11.4 Å². The van der Waals surface area contributed by atoms with Gasteiger partial charge >= 0.3 is 5.97 Å². The van der Waals surface area contributed by atoms with Crippen molar-refractivity contribution in [3.8, 4) is 22.8 Å². The quantitative estimate of drug-likeness (QED) is 0.337. The van der Waals surface area contributed by atoms with Gasteiger partial charge in [0.2, 0.25) is 3.79 Å². The Kier molecular flexibility index (Phi) is 6.56. The molecule has 152 valence electrons. The first-order valence-electron chi connectivity index (χ1n) is 8.15. The summed E-state index contributed by atoms with van der Waals surface area (Å²) in [7, 11) is 0. The van der Waals surface area contributed by atoms with Gasteiger partial charge in [0.1, 0.15) is 18.2 Å². The molecule has 5 nitrogen and oxygen atoms in total. The number of ether oxygens (including phenoxy) is 1. The number of aromatic nitrogens is 2. The van der Waals surface area contributed by atoms with E-state index < -0.39 is 16.4 Å². The number of hydrogen-bond acceptors (Lipinski definition) is 4. The van der Waals surface area contributed by atoms with E-state index in [1.54, 1.807) is 41.8 Å². The smallest absolute Gasteiger partial charge is 0.359 e. The Balaban J connectivity index is 2.15. The second-order valence-corrected chi connectivity index (χ2v) is 9.40. The van der Waals surface area contributed by atoms with Crippen molar-refractivity contribution in [3.63, 3.8) is 0 Å². The van der Waals surface area contributed by atoms with Gasteiger partial charge in [-0.05, 0) is 49.4 Å². The zero-order valence-electron chi connectivity index (χ0n) is 14.8. The van der Waals surface area contributed by atoms with Crippen LogP contribution in [0.3, 0.4) is 0 Å². The SMILES string of the molecule is Cc1c(C(=O)OCC(Cl)(Cl)Cl)nc(-c2ccc(Cl)cc2Cl)n1-c1ccc(O)cc1. The first-order chi connectivity index (χ1) is 13.6. The molecular formula is C19H13Cl5N2O3. The molecule has 1 N–H and O–H groups in total. The van der Waals surface area contributed by atoms with E-state index in [2.05, 4.69) is 4.98 Å². The van der Waals surface area contributed by atoms with Crippen LogP contribution in [0.5, 0.6) is 5.75 Å². The van der Waals surface area contributed by atoms with Crippen molar-refractivity contribution in [1.29, 1.82) is 0 Å². The summed E-state index contributed by atoms with van der Waals surface area (Å²) in [6.07, 6.45) is 0. The molecule has 3 rings (SSSR count). The number of phenolic OH excluding ortho intramolecular Hbond substituents is 1. The number of benzene rings is 2. The highest BCUT2D eigenvalue weighted by Gasteiger charge is 2.27. The Morgan fingerprint density at radius 1 is 1.14 bits per heavy atom. The number of hydrogen-bond donors (Lipinski definition) is 1. The molecule has 0 bridgehead atoms. The molecule has 10 heteroatoms. The third-order valence-electron chi connectivity index (χ3n) is 3.95. The Bertz CT molecular complexity index is 1060. The first kappa shape index (κ1) is 22.1. The van der Waals surface area contributed by atoms with Crippen LogP contribution in [0.4, 0.5) is 0 Å². The summed E-state index contributed by atoms with van der Waals surface area (Å²) in [5.74, 6) is -0.270. The number of carbonyl (C=O) groups is 1. The maximum atomic E-state index is 12.6. The summed E-state index contributed by atoms with van der Waals surface area (Å²) in [5, 5.41) is 10.4. The topological polar surface area (TPSA) is 64.3 Å². The summed E-state index contributed by atoms with van der Waals surface area (Å²) in [4.78, 5) is 17.0. The zero-order chi connectivity index (χ0) is 21.3. The van der Waals surface area contributed by atoms with Crippen molar-refractivity contribution in [1.82, 2.24) is 9.55 Å². The number of halogens is 5. The third-order valence-corrected chi connectivity index (χ3v) is 4.82. The molecule has 2 aromatic carbocycles. The molecule has 0 aliphatic rings. The molecule has 0 saturated heterocycles. The van der Waals surface area contributed by atoms with Crippen molar-refractivity contribution in [2.24, 2.45) is 0 Å². The second-order valence-electron chi connectivity index (χ2n) is 6.04. The monoisotopic (exact) mass is 492 g/mol. The van der Waals surface area contributed by atoms with Crippen LogP contribution in [0.1, 0.15) is 16.2 Å².